The minimum atomic E-state index is 0.574. The summed E-state index contributed by atoms with van der Waals surface area (Å²) in [4.78, 5) is 0. The van der Waals surface area contributed by atoms with Crippen LogP contribution in [0, 0.1) is 0 Å². The van der Waals surface area contributed by atoms with Crippen LogP contribution in [0.5, 0.6) is 0 Å². The van der Waals surface area contributed by atoms with E-state index in [2.05, 4.69) is 4.58 Å². The van der Waals surface area contributed by atoms with E-state index in [1.165, 1.54) is 6.29 Å². The average molecular weight is 136 g/mol. The summed E-state index contributed by atoms with van der Waals surface area (Å²) in [6, 6.07) is 9.66. The molecule has 1 rings (SSSR count). The topological polar surface area (TPSA) is 34.4 Å². The molecule has 2 nitrogen and oxygen atoms in total. The van der Waals surface area contributed by atoms with Crippen molar-refractivity contribution in [3.05, 3.63) is 35.9 Å². The molecule has 0 aliphatic heterocycles. The van der Waals surface area contributed by atoms with Crippen molar-refractivity contribution >= 4 is 6.29 Å². The summed E-state index contributed by atoms with van der Waals surface area (Å²) >= 11 is 0. The fourth-order valence-corrected chi connectivity index (χ4v) is 0.744. The molecule has 0 spiro atoms. The van der Waals surface area contributed by atoms with Crippen LogP contribution in [0.4, 0.5) is 0 Å². The Kier molecular flexibility index (Phi) is 2.49. The highest BCUT2D eigenvalue weighted by Crippen LogP contribution is 1.96. The van der Waals surface area contributed by atoms with Gasteiger partial charge in [0.2, 0.25) is 0 Å². The van der Waals surface area contributed by atoms with Crippen molar-refractivity contribution in [1.29, 1.82) is 0 Å². The van der Waals surface area contributed by atoms with Crippen molar-refractivity contribution in [3.8, 4) is 0 Å². The van der Waals surface area contributed by atoms with Gasteiger partial charge in [-0.1, -0.05) is 30.3 Å². The summed E-state index contributed by atoms with van der Waals surface area (Å²) in [6.07, 6.45) is 1.81. The summed E-state index contributed by atoms with van der Waals surface area (Å²) in [5.74, 6) is 0. The van der Waals surface area contributed by atoms with Gasteiger partial charge >= 0.3 is 6.29 Å². The first-order valence-electron chi connectivity index (χ1n) is 3.07. The molecule has 0 aromatic heterocycles. The van der Waals surface area contributed by atoms with Gasteiger partial charge in [0.05, 0.1) is 6.42 Å². The highest BCUT2D eigenvalue weighted by molar-refractivity contribution is 5.54. The number of hydrogen-bond acceptors (Lipinski definition) is 1. The fraction of sp³-hybridized carbons (Fsp3) is 0.125. The van der Waals surface area contributed by atoms with E-state index in [0.29, 0.717) is 6.42 Å². The van der Waals surface area contributed by atoms with E-state index in [4.69, 9.17) is 0 Å². The van der Waals surface area contributed by atoms with Crippen LogP contribution in [0.2, 0.25) is 0 Å². The van der Waals surface area contributed by atoms with Crippen LogP contribution in [0.3, 0.4) is 0 Å². The predicted octanol–water partition coefficient (Wildman–Crippen LogP) is 0.239. The fourth-order valence-electron chi connectivity index (χ4n) is 0.744. The Labute approximate surface area is 59.4 Å². The quantitative estimate of drug-likeness (QED) is 0.248. The standard InChI is InChI=1S/C8H8O2/c9-10-7-6-8-4-2-1-3-5-8/h1-5,7H,6H2. The summed E-state index contributed by atoms with van der Waals surface area (Å²) in [5, 5.41) is 9.55. The van der Waals surface area contributed by atoms with Gasteiger partial charge in [0.25, 0.3) is 0 Å². The molecular formula is C8H8O2. The molecular weight excluding hydrogens is 128 g/mol. The Morgan fingerprint density at radius 3 is 2.60 bits per heavy atom. The zero-order valence-electron chi connectivity index (χ0n) is 5.49. The molecule has 0 atom stereocenters. The predicted molar refractivity (Wildman–Crippen MR) is 36.2 cm³/mol. The molecule has 0 heterocycles. The van der Waals surface area contributed by atoms with Crippen LogP contribution >= 0.6 is 0 Å². The van der Waals surface area contributed by atoms with E-state index in [0.717, 1.165) is 5.56 Å². The van der Waals surface area contributed by atoms with Crippen molar-refractivity contribution < 1.29 is 9.83 Å². The van der Waals surface area contributed by atoms with E-state index in [9.17, 15) is 5.26 Å². The van der Waals surface area contributed by atoms with Crippen molar-refractivity contribution in [1.82, 2.24) is 0 Å². The number of hydrogen-bond donors (Lipinski definition) is 0. The van der Waals surface area contributed by atoms with E-state index in [1.807, 2.05) is 30.3 Å². The highest BCUT2D eigenvalue weighted by Gasteiger charge is 1.89. The third kappa shape index (κ3) is 1.90. The largest absolute Gasteiger partial charge is 0.463 e. The Balaban J connectivity index is 2.59. The Bertz CT molecular complexity index is 204. The van der Waals surface area contributed by atoms with Gasteiger partial charge in [-0.15, -0.1) is 0 Å². The lowest BCUT2D eigenvalue weighted by atomic mass is 10.2. The second-order valence-corrected chi connectivity index (χ2v) is 1.95. The van der Waals surface area contributed by atoms with Crippen LogP contribution in [0.25, 0.3) is 0 Å². The lowest BCUT2D eigenvalue weighted by Crippen LogP contribution is -1.98. The molecule has 0 aliphatic rings. The minimum Gasteiger partial charge on any atom is -0.463 e. The summed E-state index contributed by atoms with van der Waals surface area (Å²) < 4.78 is 3.57. The van der Waals surface area contributed by atoms with Crippen LogP contribution in [0.15, 0.2) is 30.3 Å². The second-order valence-electron chi connectivity index (χ2n) is 1.95. The first-order valence-corrected chi connectivity index (χ1v) is 3.07. The monoisotopic (exact) mass is 136 g/mol. The first-order chi connectivity index (χ1) is 4.93. The normalized spacial score (nSPS) is 10.4. The minimum absolute atomic E-state index is 0.574. The van der Waals surface area contributed by atoms with Crippen molar-refractivity contribution in [2.45, 2.75) is 6.42 Å². The second kappa shape index (κ2) is 3.67. The highest BCUT2D eigenvalue weighted by atomic mass is 17.1. The molecule has 10 heavy (non-hydrogen) atoms. The van der Waals surface area contributed by atoms with Gasteiger partial charge in [-0.3, -0.25) is 0 Å². The molecule has 2 heteroatoms. The molecule has 0 N–H and O–H groups in total. The molecule has 1 aromatic carbocycles. The van der Waals surface area contributed by atoms with Gasteiger partial charge in [0, 0.05) is 0 Å². The lowest BCUT2D eigenvalue weighted by Gasteiger charge is -1.88. The third-order valence-electron chi connectivity index (χ3n) is 1.23. The molecule has 0 bridgehead atoms. The third-order valence-corrected chi connectivity index (χ3v) is 1.23. The van der Waals surface area contributed by atoms with E-state index in [-0.39, 0.29) is 0 Å². The molecule has 0 radical (unpaired) electrons. The molecule has 0 aliphatic carbocycles. The van der Waals surface area contributed by atoms with E-state index < -0.39 is 0 Å². The van der Waals surface area contributed by atoms with Gasteiger partial charge in [-0.2, -0.15) is 4.58 Å². The zero-order valence-corrected chi connectivity index (χ0v) is 5.49. The smallest absolute Gasteiger partial charge is 0.322 e. The molecule has 1 aromatic rings. The van der Waals surface area contributed by atoms with Gasteiger partial charge in [0.1, 0.15) is 0 Å². The van der Waals surface area contributed by atoms with E-state index >= 15 is 0 Å². The summed E-state index contributed by atoms with van der Waals surface area (Å²) in [5.41, 5.74) is 1.08. The summed E-state index contributed by atoms with van der Waals surface area (Å²) in [6.45, 7) is 0. The van der Waals surface area contributed by atoms with Crippen LogP contribution in [-0.4, -0.2) is 6.29 Å². The maximum absolute atomic E-state index is 9.55. The molecule has 0 amide bonds. The molecule has 0 unspecified atom stereocenters. The van der Waals surface area contributed by atoms with Gasteiger partial charge < -0.3 is 5.26 Å². The van der Waals surface area contributed by atoms with Gasteiger partial charge in [-0.25, -0.2) is 0 Å². The van der Waals surface area contributed by atoms with Crippen LogP contribution in [-0.2, 0) is 11.0 Å². The lowest BCUT2D eigenvalue weighted by molar-refractivity contribution is -1.04. The average Bonchev–Trinajstić information content (AvgIpc) is 2.03. The Morgan fingerprint density at radius 1 is 1.30 bits per heavy atom. The number of aldehydes is 1. The molecule has 0 saturated heterocycles. The zero-order chi connectivity index (χ0) is 7.23. The molecule has 0 fully saturated rings. The SMILES string of the molecule is [O-][O+]=CCc1ccccc1. The van der Waals surface area contributed by atoms with Crippen molar-refractivity contribution in [3.63, 3.8) is 0 Å². The van der Waals surface area contributed by atoms with Crippen LogP contribution in [0.1, 0.15) is 5.56 Å². The Morgan fingerprint density at radius 2 is 2.00 bits per heavy atom. The number of rotatable bonds is 2. The van der Waals surface area contributed by atoms with Crippen molar-refractivity contribution in [2.24, 2.45) is 0 Å². The van der Waals surface area contributed by atoms with E-state index in [1.54, 1.807) is 0 Å². The molecule has 52 valence electrons. The molecule has 0 saturated carbocycles. The maximum atomic E-state index is 9.55. The van der Waals surface area contributed by atoms with Gasteiger partial charge in [0.15, 0.2) is 0 Å². The summed E-state index contributed by atoms with van der Waals surface area (Å²) in [7, 11) is 0. The first kappa shape index (κ1) is 6.81. The van der Waals surface area contributed by atoms with Crippen LogP contribution < -0.4 is 5.26 Å². The Hall–Kier alpha value is -1.31. The van der Waals surface area contributed by atoms with Gasteiger partial charge in [-0.05, 0) is 5.56 Å². The number of carbonyl (C=O) groups excluding carboxylic acids is 1. The number of benzene rings is 1. The maximum Gasteiger partial charge on any atom is 0.322 e. The van der Waals surface area contributed by atoms with Crippen molar-refractivity contribution in [2.75, 3.05) is 0 Å².